The smallest absolute Gasteiger partial charge is 0.339 e. The van der Waals surface area contributed by atoms with Gasteiger partial charge in [-0.15, -0.1) is 0 Å². The number of methoxy groups -OCH3 is 1. The number of rotatable bonds is 5. The standard InChI is InChI=1S/C10H8Cl2F2O5S/c1-18-2-3-19-10(15)5-4-6(13)8(14)9(7(5)11)20(12,16)17/h4H,2-3H2,1H3. The first-order chi connectivity index (χ1) is 9.20. The van der Waals surface area contributed by atoms with E-state index in [1.54, 1.807) is 0 Å². The van der Waals surface area contributed by atoms with Crippen LogP contribution in [0.15, 0.2) is 11.0 Å². The predicted octanol–water partition coefficient (Wildman–Crippen LogP) is 2.35. The first-order valence-electron chi connectivity index (χ1n) is 4.98. The molecule has 0 aliphatic carbocycles. The van der Waals surface area contributed by atoms with Gasteiger partial charge in [-0.3, -0.25) is 0 Å². The lowest BCUT2D eigenvalue weighted by Gasteiger charge is -2.09. The van der Waals surface area contributed by atoms with Crippen molar-refractivity contribution >= 4 is 37.3 Å². The van der Waals surface area contributed by atoms with Crippen molar-refractivity contribution in [2.75, 3.05) is 20.3 Å². The Hall–Kier alpha value is -0.960. The molecule has 0 atom stereocenters. The molecule has 10 heteroatoms. The van der Waals surface area contributed by atoms with Crippen molar-refractivity contribution < 1.29 is 31.5 Å². The first kappa shape index (κ1) is 17.1. The van der Waals surface area contributed by atoms with Crippen LogP contribution in [-0.4, -0.2) is 34.7 Å². The van der Waals surface area contributed by atoms with Crippen molar-refractivity contribution in [1.82, 2.24) is 0 Å². The number of carbonyl (C=O) groups is 1. The van der Waals surface area contributed by atoms with Gasteiger partial charge in [0.1, 0.15) is 11.5 Å². The average Bonchev–Trinajstić information content (AvgIpc) is 2.32. The molecule has 0 aliphatic rings. The van der Waals surface area contributed by atoms with E-state index in [9.17, 15) is 22.0 Å². The molecule has 0 unspecified atom stereocenters. The maximum Gasteiger partial charge on any atom is 0.339 e. The second-order valence-electron chi connectivity index (χ2n) is 3.43. The Morgan fingerprint density at radius 2 is 1.95 bits per heavy atom. The largest absolute Gasteiger partial charge is 0.460 e. The van der Waals surface area contributed by atoms with Gasteiger partial charge in [-0.1, -0.05) is 11.6 Å². The highest BCUT2D eigenvalue weighted by Crippen LogP contribution is 2.32. The number of hydrogen-bond acceptors (Lipinski definition) is 5. The van der Waals surface area contributed by atoms with E-state index in [0.29, 0.717) is 6.07 Å². The molecule has 0 radical (unpaired) electrons. The van der Waals surface area contributed by atoms with Crippen LogP contribution in [0, 0.1) is 11.6 Å². The Bertz CT molecular complexity index is 633. The monoisotopic (exact) mass is 348 g/mol. The van der Waals surface area contributed by atoms with Crippen LogP contribution in [0.25, 0.3) is 0 Å². The van der Waals surface area contributed by atoms with Gasteiger partial charge in [-0.25, -0.2) is 22.0 Å². The fraction of sp³-hybridized carbons (Fsp3) is 0.300. The summed E-state index contributed by atoms with van der Waals surface area (Å²) in [5.74, 6) is -4.49. The second kappa shape index (κ2) is 6.66. The molecule has 0 aromatic heterocycles. The van der Waals surface area contributed by atoms with E-state index in [2.05, 4.69) is 9.47 Å². The highest BCUT2D eigenvalue weighted by atomic mass is 35.7. The molecule has 0 fully saturated rings. The summed E-state index contributed by atoms with van der Waals surface area (Å²) in [5, 5.41) is -0.846. The summed E-state index contributed by atoms with van der Waals surface area (Å²) < 4.78 is 58.3. The number of ether oxygens (including phenoxy) is 2. The van der Waals surface area contributed by atoms with Gasteiger partial charge < -0.3 is 9.47 Å². The van der Waals surface area contributed by atoms with Crippen molar-refractivity contribution in [2.45, 2.75) is 4.90 Å². The van der Waals surface area contributed by atoms with Gasteiger partial charge in [-0.2, -0.15) is 0 Å². The van der Waals surface area contributed by atoms with Crippen molar-refractivity contribution in [2.24, 2.45) is 0 Å². The van der Waals surface area contributed by atoms with Crippen molar-refractivity contribution in [1.29, 1.82) is 0 Å². The van der Waals surface area contributed by atoms with E-state index in [4.69, 9.17) is 22.3 Å². The average molecular weight is 349 g/mol. The number of carbonyl (C=O) groups excluding carboxylic acids is 1. The van der Waals surface area contributed by atoms with Crippen molar-refractivity contribution in [3.8, 4) is 0 Å². The Morgan fingerprint density at radius 3 is 2.45 bits per heavy atom. The van der Waals surface area contributed by atoms with Crippen molar-refractivity contribution in [3.05, 3.63) is 28.3 Å². The molecule has 1 rings (SSSR count). The SMILES string of the molecule is COCCOC(=O)c1cc(F)c(F)c(S(=O)(=O)Cl)c1Cl. The first-order valence-corrected chi connectivity index (χ1v) is 7.67. The number of hydrogen-bond donors (Lipinski definition) is 0. The summed E-state index contributed by atoms with van der Waals surface area (Å²) in [6.07, 6.45) is 0. The zero-order valence-corrected chi connectivity index (χ0v) is 12.3. The molecule has 0 saturated heterocycles. The zero-order valence-electron chi connectivity index (χ0n) is 9.95. The van der Waals surface area contributed by atoms with Gasteiger partial charge in [0.05, 0.1) is 17.2 Å². The quantitative estimate of drug-likeness (QED) is 0.353. The van der Waals surface area contributed by atoms with E-state index in [0.717, 1.165) is 0 Å². The highest BCUT2D eigenvalue weighted by Gasteiger charge is 2.29. The molecule has 20 heavy (non-hydrogen) atoms. The van der Waals surface area contributed by atoms with E-state index in [-0.39, 0.29) is 13.2 Å². The van der Waals surface area contributed by atoms with Crippen LogP contribution in [-0.2, 0) is 18.5 Å². The summed E-state index contributed by atoms with van der Waals surface area (Å²) in [6.45, 7) is -0.110. The zero-order chi connectivity index (χ0) is 15.5. The number of halogens is 4. The minimum absolute atomic E-state index is 0.0632. The minimum atomic E-state index is -4.68. The van der Waals surface area contributed by atoms with E-state index in [1.807, 2.05) is 0 Å². The van der Waals surface area contributed by atoms with Gasteiger partial charge in [0.2, 0.25) is 0 Å². The van der Waals surface area contributed by atoms with Gasteiger partial charge in [0.15, 0.2) is 11.6 Å². The van der Waals surface area contributed by atoms with Crippen LogP contribution < -0.4 is 0 Å². The second-order valence-corrected chi connectivity index (χ2v) is 6.31. The molecule has 0 aliphatic heterocycles. The fourth-order valence-electron chi connectivity index (χ4n) is 1.24. The molecule has 1 aromatic rings. The summed E-state index contributed by atoms with van der Waals surface area (Å²) in [4.78, 5) is 10.3. The lowest BCUT2D eigenvalue weighted by atomic mass is 10.2. The van der Waals surface area contributed by atoms with Gasteiger partial charge in [0.25, 0.3) is 9.05 Å². The van der Waals surface area contributed by atoms with Crippen LogP contribution in [0.3, 0.4) is 0 Å². The minimum Gasteiger partial charge on any atom is -0.460 e. The Morgan fingerprint density at radius 1 is 1.35 bits per heavy atom. The molecule has 0 bridgehead atoms. The summed E-state index contributed by atoms with van der Waals surface area (Å²) in [6, 6.07) is 0.429. The predicted molar refractivity (Wildman–Crippen MR) is 66.6 cm³/mol. The molecular formula is C10H8Cl2F2O5S. The van der Waals surface area contributed by atoms with Gasteiger partial charge >= 0.3 is 5.97 Å². The van der Waals surface area contributed by atoms with Crippen molar-refractivity contribution in [3.63, 3.8) is 0 Å². The fourth-order valence-corrected chi connectivity index (χ4v) is 2.95. The molecule has 0 saturated carbocycles. The van der Waals surface area contributed by atoms with E-state index < -0.39 is 42.1 Å². The van der Waals surface area contributed by atoms with Crippen LogP contribution in [0.4, 0.5) is 8.78 Å². The Kier molecular flexibility index (Phi) is 5.69. The third kappa shape index (κ3) is 3.78. The highest BCUT2D eigenvalue weighted by molar-refractivity contribution is 8.13. The topological polar surface area (TPSA) is 69.7 Å². The lowest BCUT2D eigenvalue weighted by Crippen LogP contribution is -2.13. The molecule has 5 nitrogen and oxygen atoms in total. The van der Waals surface area contributed by atoms with Crippen LogP contribution in [0.5, 0.6) is 0 Å². The molecule has 0 amide bonds. The molecule has 0 heterocycles. The Balaban J connectivity index is 3.30. The van der Waals surface area contributed by atoms with Crippen LogP contribution in [0.1, 0.15) is 10.4 Å². The number of benzene rings is 1. The summed E-state index contributed by atoms with van der Waals surface area (Å²) in [7, 11) is 1.64. The third-order valence-electron chi connectivity index (χ3n) is 2.10. The van der Waals surface area contributed by atoms with Crippen LogP contribution in [0.2, 0.25) is 5.02 Å². The number of esters is 1. The molecule has 0 N–H and O–H groups in total. The molecule has 1 aromatic carbocycles. The normalized spacial score (nSPS) is 11.4. The summed E-state index contributed by atoms with van der Waals surface area (Å²) >= 11 is 5.58. The maximum atomic E-state index is 13.4. The molecular weight excluding hydrogens is 341 g/mol. The van der Waals surface area contributed by atoms with Gasteiger partial charge in [-0.05, 0) is 6.07 Å². The maximum absolute atomic E-state index is 13.4. The Labute approximate surface area is 122 Å². The third-order valence-corrected chi connectivity index (χ3v) is 3.94. The van der Waals surface area contributed by atoms with Gasteiger partial charge in [0, 0.05) is 17.8 Å². The molecule has 0 spiro atoms. The summed E-state index contributed by atoms with van der Waals surface area (Å²) in [5.41, 5.74) is -0.652. The molecule has 112 valence electrons. The lowest BCUT2D eigenvalue weighted by molar-refractivity contribution is 0.0387. The van der Waals surface area contributed by atoms with Crippen LogP contribution >= 0.6 is 22.3 Å². The van der Waals surface area contributed by atoms with E-state index in [1.165, 1.54) is 7.11 Å². The van der Waals surface area contributed by atoms with E-state index >= 15 is 0 Å².